The van der Waals surface area contributed by atoms with Crippen molar-refractivity contribution in [2.24, 2.45) is 11.7 Å². The number of halogens is 1. The highest BCUT2D eigenvalue weighted by atomic mass is 79.9. The van der Waals surface area contributed by atoms with E-state index in [4.69, 9.17) is 5.73 Å². The van der Waals surface area contributed by atoms with Crippen LogP contribution in [0.3, 0.4) is 0 Å². The Hall–Kier alpha value is -1.20. The smallest absolute Gasteiger partial charge is 0.299 e. The molecule has 1 atom stereocenters. The first-order valence-electron chi connectivity index (χ1n) is 5.82. The van der Waals surface area contributed by atoms with E-state index >= 15 is 0 Å². The fraction of sp³-hybridized carbons (Fsp3) is 0.385. The van der Waals surface area contributed by atoms with Crippen molar-refractivity contribution < 1.29 is 9.59 Å². The predicted octanol–water partition coefficient (Wildman–Crippen LogP) is 1.88. The molecule has 18 heavy (non-hydrogen) atoms. The zero-order chi connectivity index (χ0) is 13.4. The summed E-state index contributed by atoms with van der Waals surface area (Å²) in [5.74, 6) is -0.721. The Labute approximate surface area is 114 Å². The monoisotopic (exact) mass is 310 g/mol. The molecule has 1 heterocycles. The quantitative estimate of drug-likeness (QED) is 0.867. The maximum atomic E-state index is 12.0. The van der Waals surface area contributed by atoms with Gasteiger partial charge in [0.25, 0.3) is 11.7 Å². The Balaban J connectivity index is 2.48. The predicted molar refractivity (Wildman–Crippen MR) is 73.8 cm³/mol. The van der Waals surface area contributed by atoms with Gasteiger partial charge in [-0.15, -0.1) is 0 Å². The summed E-state index contributed by atoms with van der Waals surface area (Å²) in [5, 5.41) is 0. The molecule has 2 rings (SSSR count). The number of amides is 1. The van der Waals surface area contributed by atoms with Gasteiger partial charge in [-0.3, -0.25) is 9.59 Å². The highest BCUT2D eigenvalue weighted by Gasteiger charge is 2.37. The lowest BCUT2D eigenvalue weighted by molar-refractivity contribution is -0.114. The summed E-state index contributed by atoms with van der Waals surface area (Å²) in [5.41, 5.74) is 7.71. The Morgan fingerprint density at radius 3 is 2.67 bits per heavy atom. The number of hydrogen-bond donors (Lipinski definition) is 1. The number of hydrogen-bond acceptors (Lipinski definition) is 3. The number of fused-ring (bicyclic) bond motifs is 1. The lowest BCUT2D eigenvalue weighted by atomic mass is 10.1. The normalized spacial score (nSPS) is 16.1. The van der Waals surface area contributed by atoms with Crippen LogP contribution in [0.15, 0.2) is 16.6 Å². The first-order valence-corrected chi connectivity index (χ1v) is 6.61. The Bertz CT molecular complexity index is 528. The Morgan fingerprint density at radius 1 is 1.39 bits per heavy atom. The molecule has 96 valence electrons. The second-order valence-electron chi connectivity index (χ2n) is 4.70. The van der Waals surface area contributed by atoms with E-state index < -0.39 is 11.7 Å². The van der Waals surface area contributed by atoms with E-state index in [1.807, 2.05) is 19.9 Å². The highest BCUT2D eigenvalue weighted by molar-refractivity contribution is 9.10. The topological polar surface area (TPSA) is 63.4 Å². The zero-order valence-corrected chi connectivity index (χ0v) is 12.0. The van der Waals surface area contributed by atoms with Crippen LogP contribution in [-0.2, 0) is 4.79 Å². The lowest BCUT2D eigenvalue weighted by Gasteiger charge is -2.21. The van der Waals surface area contributed by atoms with Gasteiger partial charge < -0.3 is 10.6 Å². The summed E-state index contributed by atoms with van der Waals surface area (Å²) in [6.07, 6.45) is 0. The highest BCUT2D eigenvalue weighted by Crippen LogP contribution is 2.35. The first kappa shape index (κ1) is 13.2. The molecule has 0 saturated carbocycles. The molecule has 5 heteroatoms. The van der Waals surface area contributed by atoms with Gasteiger partial charge in [-0.25, -0.2) is 0 Å². The molecule has 0 saturated heterocycles. The van der Waals surface area contributed by atoms with Gasteiger partial charge in [-0.1, -0.05) is 22.9 Å². The molecule has 1 aromatic carbocycles. The number of nitrogens with two attached hydrogens (primary N) is 1. The van der Waals surface area contributed by atoms with E-state index in [0.717, 1.165) is 15.7 Å². The second-order valence-corrected chi connectivity index (χ2v) is 5.62. The first-order chi connectivity index (χ1) is 8.45. The van der Waals surface area contributed by atoms with Gasteiger partial charge in [-0.05, 0) is 37.1 Å². The number of nitrogens with zero attached hydrogens (tertiary/aromatic N) is 1. The third kappa shape index (κ3) is 2.08. The molecule has 0 fully saturated rings. The minimum absolute atomic E-state index is 0.163. The van der Waals surface area contributed by atoms with Crippen LogP contribution in [-0.4, -0.2) is 24.8 Å². The molecule has 1 aliphatic heterocycles. The van der Waals surface area contributed by atoms with Gasteiger partial charge in [0.1, 0.15) is 0 Å². The molecular formula is C13H15BrN2O2. The molecular weight excluding hydrogens is 296 g/mol. The molecule has 0 bridgehead atoms. The van der Waals surface area contributed by atoms with Crippen LogP contribution in [0.5, 0.6) is 0 Å². The van der Waals surface area contributed by atoms with E-state index in [0.29, 0.717) is 18.7 Å². The van der Waals surface area contributed by atoms with E-state index in [-0.39, 0.29) is 5.92 Å². The van der Waals surface area contributed by atoms with Crippen molar-refractivity contribution in [1.82, 2.24) is 0 Å². The fourth-order valence-corrected chi connectivity index (χ4v) is 2.74. The molecule has 0 spiro atoms. The number of ketones is 1. The van der Waals surface area contributed by atoms with Crippen LogP contribution in [0.25, 0.3) is 0 Å². The number of aryl methyl sites for hydroxylation is 1. The van der Waals surface area contributed by atoms with Crippen molar-refractivity contribution in [2.45, 2.75) is 13.8 Å². The summed E-state index contributed by atoms with van der Waals surface area (Å²) >= 11 is 3.35. The molecule has 1 aliphatic rings. The molecule has 0 aromatic heterocycles. The van der Waals surface area contributed by atoms with E-state index in [2.05, 4.69) is 15.9 Å². The third-order valence-electron chi connectivity index (χ3n) is 3.12. The zero-order valence-electron chi connectivity index (χ0n) is 10.4. The Kier molecular flexibility index (Phi) is 3.54. The number of Topliss-reactive ketones (excluding diaryl/α,β-unsaturated/α-hetero) is 1. The van der Waals surface area contributed by atoms with E-state index in [1.165, 1.54) is 0 Å². The number of carbonyl (C=O) groups excluding carboxylic acids is 2. The molecule has 2 N–H and O–H groups in total. The van der Waals surface area contributed by atoms with Gasteiger partial charge in [0.2, 0.25) is 0 Å². The summed E-state index contributed by atoms with van der Waals surface area (Å²) in [6, 6.07) is 3.61. The molecule has 1 amide bonds. The van der Waals surface area contributed by atoms with Crippen molar-refractivity contribution in [1.29, 1.82) is 0 Å². The molecule has 0 aliphatic carbocycles. The van der Waals surface area contributed by atoms with Crippen molar-refractivity contribution in [3.05, 3.63) is 27.7 Å². The molecule has 0 radical (unpaired) electrons. The van der Waals surface area contributed by atoms with Crippen molar-refractivity contribution in [3.63, 3.8) is 0 Å². The standard InChI is InChI=1S/C13H15BrN2O2/c1-7(5-15)6-16-11-8(2)3-9(14)4-10(11)12(17)13(16)18/h3-4,7H,5-6,15H2,1-2H3. The van der Waals surface area contributed by atoms with Crippen molar-refractivity contribution in [2.75, 3.05) is 18.0 Å². The van der Waals surface area contributed by atoms with Crippen LogP contribution in [0.1, 0.15) is 22.8 Å². The second kappa shape index (κ2) is 4.82. The minimum atomic E-state index is -0.452. The van der Waals surface area contributed by atoms with Gasteiger partial charge >= 0.3 is 0 Å². The van der Waals surface area contributed by atoms with Gasteiger partial charge in [0, 0.05) is 11.0 Å². The van der Waals surface area contributed by atoms with Crippen molar-refractivity contribution in [3.8, 4) is 0 Å². The fourth-order valence-electron chi connectivity index (χ4n) is 2.17. The summed E-state index contributed by atoms with van der Waals surface area (Å²) in [4.78, 5) is 25.5. The van der Waals surface area contributed by atoms with Crippen LogP contribution >= 0.6 is 15.9 Å². The summed E-state index contributed by atoms with van der Waals surface area (Å²) in [7, 11) is 0. The lowest BCUT2D eigenvalue weighted by Crippen LogP contribution is -2.36. The molecule has 1 aromatic rings. The molecule has 4 nitrogen and oxygen atoms in total. The van der Waals surface area contributed by atoms with Gasteiger partial charge in [-0.2, -0.15) is 0 Å². The number of carbonyl (C=O) groups is 2. The summed E-state index contributed by atoms with van der Waals surface area (Å²) in [6.45, 7) is 4.83. The maximum Gasteiger partial charge on any atom is 0.299 e. The maximum absolute atomic E-state index is 12.0. The van der Waals surface area contributed by atoms with Crippen LogP contribution in [0.4, 0.5) is 5.69 Å². The SMILES string of the molecule is Cc1cc(Br)cc2c1N(CC(C)CN)C(=O)C2=O. The van der Waals surface area contributed by atoms with E-state index in [9.17, 15) is 9.59 Å². The van der Waals surface area contributed by atoms with Gasteiger partial charge in [0.05, 0.1) is 11.3 Å². The summed E-state index contributed by atoms with van der Waals surface area (Å²) < 4.78 is 0.814. The molecule has 1 unspecified atom stereocenters. The number of benzene rings is 1. The van der Waals surface area contributed by atoms with Crippen LogP contribution in [0, 0.1) is 12.8 Å². The largest absolute Gasteiger partial charge is 0.330 e. The van der Waals surface area contributed by atoms with E-state index in [1.54, 1.807) is 11.0 Å². The Morgan fingerprint density at radius 2 is 2.06 bits per heavy atom. The van der Waals surface area contributed by atoms with Crippen molar-refractivity contribution >= 4 is 33.3 Å². The minimum Gasteiger partial charge on any atom is -0.330 e. The average Bonchev–Trinajstić information content (AvgIpc) is 2.54. The average molecular weight is 311 g/mol. The van der Waals surface area contributed by atoms with Crippen LogP contribution < -0.4 is 10.6 Å². The number of anilines is 1. The third-order valence-corrected chi connectivity index (χ3v) is 3.57. The number of rotatable bonds is 3. The van der Waals surface area contributed by atoms with Gasteiger partial charge in [0.15, 0.2) is 0 Å². The van der Waals surface area contributed by atoms with Crippen LogP contribution in [0.2, 0.25) is 0 Å².